The fourth-order valence-electron chi connectivity index (χ4n) is 2.39. The number of rotatable bonds is 4. The molecule has 3 aromatic rings. The standard InChI is InChI=1S/C14H13F3N6O2S/c1-18-11-10-12(21-13(20-11)14(15,16)17)23(7-19-10)9-6-4-3-5-8(9)22(2)26(24)25/h3-7H,1-2H3,(H,24,25)(H,18,20,21)/p-1. The minimum atomic E-state index is -4.75. The van der Waals surface area contributed by atoms with Crippen molar-refractivity contribution in [1.82, 2.24) is 19.5 Å². The van der Waals surface area contributed by atoms with Crippen LogP contribution in [0.3, 0.4) is 0 Å². The minimum absolute atomic E-state index is 0.0840. The SMILES string of the molecule is CNc1nc(C(F)(F)F)nc2c1ncn2-c1ccccc1N(C)S(=O)[O-]. The summed E-state index contributed by atoms with van der Waals surface area (Å²) in [5, 5.41) is 2.57. The summed E-state index contributed by atoms with van der Waals surface area (Å²) < 4.78 is 64.2. The van der Waals surface area contributed by atoms with Crippen LogP contribution >= 0.6 is 0 Å². The highest BCUT2D eigenvalue weighted by Gasteiger charge is 2.36. The van der Waals surface area contributed by atoms with Crippen molar-refractivity contribution in [2.75, 3.05) is 23.7 Å². The first kappa shape index (κ1) is 18.1. The van der Waals surface area contributed by atoms with Crippen LogP contribution in [-0.4, -0.2) is 42.4 Å². The Balaban J connectivity index is 2.30. The molecule has 1 N–H and O–H groups in total. The minimum Gasteiger partial charge on any atom is -0.755 e. The molecule has 26 heavy (non-hydrogen) atoms. The quantitative estimate of drug-likeness (QED) is 0.691. The molecule has 0 bridgehead atoms. The van der Waals surface area contributed by atoms with Gasteiger partial charge in [0, 0.05) is 25.4 Å². The van der Waals surface area contributed by atoms with Crippen LogP contribution in [-0.2, 0) is 17.4 Å². The molecule has 0 spiro atoms. The van der Waals surface area contributed by atoms with Crippen LogP contribution in [0.4, 0.5) is 24.7 Å². The summed E-state index contributed by atoms with van der Waals surface area (Å²) in [7, 11) is 2.74. The third-order valence-electron chi connectivity index (χ3n) is 3.59. The van der Waals surface area contributed by atoms with Crippen molar-refractivity contribution in [2.24, 2.45) is 0 Å². The predicted octanol–water partition coefficient (Wildman–Crippen LogP) is 2.11. The first-order chi connectivity index (χ1) is 12.2. The molecule has 0 amide bonds. The van der Waals surface area contributed by atoms with E-state index in [4.69, 9.17) is 0 Å². The second kappa shape index (κ2) is 6.53. The largest absolute Gasteiger partial charge is 0.755 e. The third kappa shape index (κ3) is 3.08. The van der Waals surface area contributed by atoms with Crippen molar-refractivity contribution in [3.8, 4) is 5.69 Å². The first-order valence-corrected chi connectivity index (χ1v) is 8.19. The fourth-order valence-corrected chi connectivity index (χ4v) is 2.71. The molecule has 8 nitrogen and oxygen atoms in total. The second-order valence-corrected chi connectivity index (χ2v) is 6.12. The molecular weight excluding hydrogens is 373 g/mol. The Morgan fingerprint density at radius 2 is 1.96 bits per heavy atom. The van der Waals surface area contributed by atoms with Crippen LogP contribution in [0.25, 0.3) is 16.9 Å². The highest BCUT2D eigenvalue weighted by Crippen LogP contribution is 2.32. The Kier molecular flexibility index (Phi) is 4.54. The lowest BCUT2D eigenvalue weighted by molar-refractivity contribution is -0.144. The van der Waals surface area contributed by atoms with E-state index in [0.717, 1.165) is 4.31 Å². The van der Waals surface area contributed by atoms with Gasteiger partial charge in [-0.3, -0.25) is 8.78 Å². The van der Waals surface area contributed by atoms with E-state index >= 15 is 0 Å². The lowest BCUT2D eigenvalue weighted by Crippen LogP contribution is -2.21. The number of benzene rings is 1. The molecule has 138 valence electrons. The van der Waals surface area contributed by atoms with Gasteiger partial charge in [-0.25, -0.2) is 15.0 Å². The summed E-state index contributed by atoms with van der Waals surface area (Å²) in [5.41, 5.74) is 0.573. The van der Waals surface area contributed by atoms with Gasteiger partial charge in [0.05, 0.1) is 11.4 Å². The maximum Gasteiger partial charge on any atom is 0.451 e. The predicted molar refractivity (Wildman–Crippen MR) is 88.5 cm³/mol. The number of anilines is 2. The second-order valence-electron chi connectivity index (χ2n) is 5.13. The van der Waals surface area contributed by atoms with E-state index in [2.05, 4.69) is 20.3 Å². The fraction of sp³-hybridized carbons (Fsp3) is 0.214. The highest BCUT2D eigenvalue weighted by atomic mass is 32.2. The van der Waals surface area contributed by atoms with E-state index in [1.807, 2.05) is 0 Å². The van der Waals surface area contributed by atoms with Gasteiger partial charge in [0.2, 0.25) is 5.82 Å². The van der Waals surface area contributed by atoms with Gasteiger partial charge in [-0.1, -0.05) is 12.1 Å². The summed E-state index contributed by atoms with van der Waals surface area (Å²) >= 11 is -2.57. The first-order valence-electron chi connectivity index (χ1n) is 7.16. The number of alkyl halides is 3. The lowest BCUT2D eigenvalue weighted by Gasteiger charge is -2.24. The Hall–Kier alpha value is -2.73. The van der Waals surface area contributed by atoms with Crippen molar-refractivity contribution in [2.45, 2.75) is 6.18 Å². The van der Waals surface area contributed by atoms with Crippen LogP contribution in [0.2, 0.25) is 0 Å². The molecule has 1 unspecified atom stereocenters. The van der Waals surface area contributed by atoms with Crippen LogP contribution < -0.4 is 9.62 Å². The molecule has 0 aliphatic heterocycles. The molecule has 12 heteroatoms. The van der Waals surface area contributed by atoms with Gasteiger partial charge < -0.3 is 14.2 Å². The number of nitrogens with one attached hydrogen (secondary N) is 1. The average molecular weight is 385 g/mol. The molecule has 0 radical (unpaired) electrons. The monoisotopic (exact) mass is 385 g/mol. The summed E-state index contributed by atoms with van der Waals surface area (Å²) in [6, 6.07) is 6.30. The van der Waals surface area contributed by atoms with E-state index in [1.54, 1.807) is 18.2 Å². The van der Waals surface area contributed by atoms with Gasteiger partial charge >= 0.3 is 6.18 Å². The van der Waals surface area contributed by atoms with Crippen molar-refractivity contribution >= 4 is 33.9 Å². The van der Waals surface area contributed by atoms with E-state index in [1.165, 1.54) is 31.1 Å². The van der Waals surface area contributed by atoms with Crippen LogP contribution in [0.1, 0.15) is 5.82 Å². The molecule has 0 fully saturated rings. The number of aromatic nitrogens is 4. The summed E-state index contributed by atoms with van der Waals surface area (Å²) in [6.07, 6.45) is -3.48. The molecule has 2 heterocycles. The molecular formula is C14H12F3N6O2S-. The number of para-hydroxylation sites is 2. The Morgan fingerprint density at radius 1 is 1.27 bits per heavy atom. The van der Waals surface area contributed by atoms with E-state index in [-0.39, 0.29) is 22.7 Å². The van der Waals surface area contributed by atoms with Crippen LogP contribution in [0, 0.1) is 0 Å². The topological polar surface area (TPSA) is 99.0 Å². The smallest absolute Gasteiger partial charge is 0.451 e. The zero-order chi connectivity index (χ0) is 19.1. The molecule has 0 saturated carbocycles. The Labute approximate surface area is 148 Å². The van der Waals surface area contributed by atoms with Gasteiger partial charge in [0.1, 0.15) is 6.33 Å². The number of imidazole rings is 1. The normalized spacial score (nSPS) is 13.0. The number of halogens is 3. The van der Waals surface area contributed by atoms with Gasteiger partial charge in [-0.15, -0.1) is 0 Å². The highest BCUT2D eigenvalue weighted by molar-refractivity contribution is 7.80. The summed E-state index contributed by atoms with van der Waals surface area (Å²) in [4.78, 5) is 11.1. The average Bonchev–Trinajstić information content (AvgIpc) is 3.03. The van der Waals surface area contributed by atoms with Crippen molar-refractivity contribution in [3.05, 3.63) is 36.4 Å². The summed E-state index contributed by atoms with van der Waals surface area (Å²) in [6.45, 7) is 0. The molecule has 0 aliphatic carbocycles. The van der Waals surface area contributed by atoms with E-state index < -0.39 is 23.3 Å². The zero-order valence-corrected chi connectivity index (χ0v) is 14.3. The molecule has 0 aliphatic rings. The van der Waals surface area contributed by atoms with Crippen LogP contribution in [0.5, 0.6) is 0 Å². The molecule has 3 rings (SSSR count). The van der Waals surface area contributed by atoms with Crippen molar-refractivity contribution in [3.63, 3.8) is 0 Å². The van der Waals surface area contributed by atoms with Gasteiger partial charge in [-0.05, 0) is 12.1 Å². The number of hydrogen-bond donors (Lipinski definition) is 1. The van der Waals surface area contributed by atoms with Gasteiger partial charge in [-0.2, -0.15) is 13.2 Å². The maximum absolute atomic E-state index is 13.1. The van der Waals surface area contributed by atoms with Crippen molar-refractivity contribution in [1.29, 1.82) is 0 Å². The molecule has 2 aromatic heterocycles. The lowest BCUT2D eigenvalue weighted by atomic mass is 10.2. The third-order valence-corrected chi connectivity index (χ3v) is 4.23. The Morgan fingerprint density at radius 3 is 2.58 bits per heavy atom. The number of nitrogens with zero attached hydrogens (tertiary/aromatic N) is 5. The van der Waals surface area contributed by atoms with Crippen LogP contribution in [0.15, 0.2) is 30.6 Å². The van der Waals surface area contributed by atoms with Gasteiger partial charge in [0.25, 0.3) is 0 Å². The van der Waals surface area contributed by atoms with Crippen molar-refractivity contribution < 1.29 is 21.9 Å². The Bertz CT molecular complexity index is 990. The van der Waals surface area contributed by atoms with E-state index in [9.17, 15) is 21.9 Å². The maximum atomic E-state index is 13.1. The molecule has 0 saturated heterocycles. The molecule has 1 aromatic carbocycles. The number of fused-ring (bicyclic) bond motifs is 1. The van der Waals surface area contributed by atoms with Gasteiger partial charge in [0.15, 0.2) is 17.0 Å². The number of hydrogen-bond acceptors (Lipinski definition) is 6. The molecule has 1 atom stereocenters. The zero-order valence-electron chi connectivity index (χ0n) is 13.5. The van der Waals surface area contributed by atoms with E-state index in [0.29, 0.717) is 5.69 Å². The summed E-state index contributed by atoms with van der Waals surface area (Å²) in [5.74, 6) is -1.41.